The number of aromatic amines is 1. The molecule has 14 heteroatoms. The van der Waals surface area contributed by atoms with Crippen molar-refractivity contribution in [1.82, 2.24) is 24.7 Å². The first kappa shape index (κ1) is 27.9. The van der Waals surface area contributed by atoms with Crippen LogP contribution in [0.2, 0.25) is 5.02 Å². The summed E-state index contributed by atoms with van der Waals surface area (Å²) < 4.78 is 57.0. The highest BCUT2D eigenvalue weighted by molar-refractivity contribution is 6.33. The van der Waals surface area contributed by atoms with Crippen molar-refractivity contribution in [2.24, 2.45) is 0 Å². The van der Waals surface area contributed by atoms with E-state index >= 15 is 0 Å². The van der Waals surface area contributed by atoms with E-state index in [4.69, 9.17) is 25.8 Å². The molecule has 0 aliphatic carbocycles. The largest absolute Gasteiger partial charge is 0.455 e. The Bertz CT molecular complexity index is 1700. The van der Waals surface area contributed by atoms with Crippen LogP contribution in [-0.4, -0.2) is 73.1 Å². The zero-order valence-corrected chi connectivity index (χ0v) is 23.3. The second kappa shape index (κ2) is 10.4. The number of rotatable bonds is 7. The van der Waals surface area contributed by atoms with Crippen LogP contribution in [0.3, 0.4) is 0 Å². The molecule has 4 aromatic rings. The Hall–Kier alpha value is -3.91. The molecule has 0 radical (unpaired) electrons. The van der Waals surface area contributed by atoms with E-state index in [9.17, 15) is 18.3 Å². The monoisotopic (exact) mass is 614 g/mol. The molecule has 4 atom stereocenters. The molecule has 0 bridgehead atoms. The van der Waals surface area contributed by atoms with Gasteiger partial charge in [0.1, 0.15) is 18.8 Å². The summed E-state index contributed by atoms with van der Waals surface area (Å²) in [6.45, 7) is 3.81. The zero-order chi connectivity index (χ0) is 29.9. The molecular weight excluding hydrogens is 589 g/mol. The number of alkyl halides is 3. The highest BCUT2D eigenvalue weighted by Crippen LogP contribution is 2.41. The SMILES string of the molecule is C=CC=CC12OCC(O)C1OCC2Oc1nc2nc(-c3ccc(N4Cc5cn(CC(F)(F)F)nc5C4)cc3)c(Cl)cc2[nH]1. The number of nitrogens with one attached hydrogen (secondary N) is 1. The predicted molar refractivity (Wildman–Crippen MR) is 151 cm³/mol. The number of aliphatic hydroxyl groups is 1. The fourth-order valence-electron chi connectivity index (χ4n) is 5.91. The normalized spacial score (nSPS) is 25.1. The lowest BCUT2D eigenvalue weighted by molar-refractivity contribution is -0.142. The molecule has 0 amide bonds. The number of H-pyrrole nitrogens is 1. The van der Waals surface area contributed by atoms with Crippen LogP contribution in [-0.2, 0) is 29.1 Å². The van der Waals surface area contributed by atoms with Gasteiger partial charge in [-0.1, -0.05) is 42.5 Å². The highest BCUT2D eigenvalue weighted by Gasteiger charge is 2.60. The van der Waals surface area contributed by atoms with Gasteiger partial charge in [0.25, 0.3) is 6.01 Å². The number of hydrogen-bond donors (Lipinski definition) is 2. The lowest BCUT2D eigenvalue weighted by Gasteiger charge is -2.28. The summed E-state index contributed by atoms with van der Waals surface area (Å²) in [5.41, 5.74) is 3.60. The van der Waals surface area contributed by atoms with E-state index in [1.165, 1.54) is 6.20 Å². The highest BCUT2D eigenvalue weighted by atomic mass is 35.5. The van der Waals surface area contributed by atoms with Gasteiger partial charge >= 0.3 is 6.18 Å². The number of halogens is 4. The van der Waals surface area contributed by atoms with Crippen molar-refractivity contribution in [2.45, 2.75) is 49.7 Å². The average Bonchev–Trinajstić information content (AvgIpc) is 3.75. The minimum atomic E-state index is -4.31. The fraction of sp³-hybridized carbons (Fsp3) is 0.345. The molecule has 2 N–H and O–H groups in total. The van der Waals surface area contributed by atoms with Crippen molar-refractivity contribution in [3.05, 3.63) is 77.6 Å². The Morgan fingerprint density at radius 3 is 2.77 bits per heavy atom. The molecule has 3 aromatic heterocycles. The van der Waals surface area contributed by atoms with Gasteiger partial charge in [-0.15, -0.1) is 0 Å². The third-order valence-electron chi connectivity index (χ3n) is 7.85. The molecule has 4 unspecified atom stereocenters. The Morgan fingerprint density at radius 2 is 2.02 bits per heavy atom. The minimum absolute atomic E-state index is 0.121. The van der Waals surface area contributed by atoms with Crippen LogP contribution in [0.4, 0.5) is 18.9 Å². The van der Waals surface area contributed by atoms with E-state index in [1.807, 2.05) is 29.2 Å². The van der Waals surface area contributed by atoms with Crippen LogP contribution in [0.25, 0.3) is 22.4 Å². The van der Waals surface area contributed by atoms with Gasteiger partial charge in [-0.3, -0.25) is 4.68 Å². The maximum absolute atomic E-state index is 12.7. The summed E-state index contributed by atoms with van der Waals surface area (Å²) in [5, 5.41) is 14.8. The maximum atomic E-state index is 12.7. The summed E-state index contributed by atoms with van der Waals surface area (Å²) in [5.74, 6) is 0. The van der Waals surface area contributed by atoms with E-state index in [-0.39, 0.29) is 19.2 Å². The van der Waals surface area contributed by atoms with Crippen molar-refractivity contribution < 1.29 is 32.5 Å². The van der Waals surface area contributed by atoms with Crippen molar-refractivity contribution in [2.75, 3.05) is 18.1 Å². The number of nitrogens with zero attached hydrogens (tertiary/aromatic N) is 5. The molecule has 6 heterocycles. The number of allylic oxidation sites excluding steroid dienone is 2. The number of imidazole rings is 1. The van der Waals surface area contributed by atoms with Gasteiger partial charge in [-0.05, 0) is 24.3 Å². The van der Waals surface area contributed by atoms with E-state index in [0.717, 1.165) is 21.5 Å². The second-order valence-corrected chi connectivity index (χ2v) is 11.1. The molecule has 3 aliphatic heterocycles. The zero-order valence-electron chi connectivity index (χ0n) is 22.6. The number of aromatic nitrogens is 5. The van der Waals surface area contributed by atoms with Crippen molar-refractivity contribution in [1.29, 1.82) is 0 Å². The second-order valence-electron chi connectivity index (χ2n) is 10.7. The van der Waals surface area contributed by atoms with Gasteiger partial charge in [0, 0.05) is 29.6 Å². The Kier molecular flexibility index (Phi) is 6.73. The smallest absolute Gasteiger partial charge is 0.408 e. The number of anilines is 1. The fourth-order valence-corrected chi connectivity index (χ4v) is 6.17. The van der Waals surface area contributed by atoms with Crippen molar-refractivity contribution in [3.8, 4) is 17.3 Å². The molecule has 10 nitrogen and oxygen atoms in total. The molecule has 3 aliphatic rings. The molecule has 1 aromatic carbocycles. The number of benzene rings is 1. The molecule has 2 saturated heterocycles. The van der Waals surface area contributed by atoms with Crippen LogP contribution in [0.15, 0.2) is 61.3 Å². The maximum Gasteiger partial charge on any atom is 0.408 e. The van der Waals surface area contributed by atoms with Gasteiger partial charge in [0.2, 0.25) is 0 Å². The van der Waals surface area contributed by atoms with Gasteiger partial charge in [0.05, 0.1) is 41.7 Å². The molecule has 224 valence electrons. The first-order valence-corrected chi connectivity index (χ1v) is 13.9. The summed E-state index contributed by atoms with van der Waals surface area (Å²) in [6, 6.07) is 9.53. The standard InChI is InChI=1S/C29H26ClF3N6O4/c1-2-3-8-28-23(14-41-25(28)22(40)13-42-28)43-27-34-20-9-19(30)24(35-26(20)36-27)16-4-6-18(7-5-16)38-10-17-11-39(15-29(31,32)33)37-21(17)12-38/h2-9,11,22-23,25,40H,1,10,12-15H2,(H,34,35,36). The molecule has 0 spiro atoms. The molecule has 7 rings (SSSR count). The van der Waals surface area contributed by atoms with Crippen LogP contribution >= 0.6 is 11.6 Å². The minimum Gasteiger partial charge on any atom is -0.455 e. The van der Waals surface area contributed by atoms with E-state index < -0.39 is 36.6 Å². The Balaban J connectivity index is 1.08. The van der Waals surface area contributed by atoms with Gasteiger partial charge in [-0.2, -0.15) is 23.3 Å². The Morgan fingerprint density at radius 1 is 1.21 bits per heavy atom. The average molecular weight is 615 g/mol. The van der Waals surface area contributed by atoms with Gasteiger partial charge in [0.15, 0.2) is 17.4 Å². The summed E-state index contributed by atoms with van der Waals surface area (Å²) in [4.78, 5) is 14.3. The number of ether oxygens (including phenoxy) is 3. The summed E-state index contributed by atoms with van der Waals surface area (Å²) in [7, 11) is 0. The summed E-state index contributed by atoms with van der Waals surface area (Å²) >= 11 is 6.62. The van der Waals surface area contributed by atoms with Crippen molar-refractivity contribution in [3.63, 3.8) is 0 Å². The number of hydrogen-bond acceptors (Lipinski definition) is 8. The topological polar surface area (TPSA) is 111 Å². The van der Waals surface area contributed by atoms with Crippen LogP contribution < -0.4 is 9.64 Å². The van der Waals surface area contributed by atoms with E-state index in [2.05, 4.69) is 26.6 Å². The van der Waals surface area contributed by atoms with Crippen LogP contribution in [0.1, 0.15) is 11.3 Å². The first-order chi connectivity index (χ1) is 20.6. The number of aliphatic hydroxyl groups excluding tert-OH is 1. The van der Waals surface area contributed by atoms with Gasteiger partial charge < -0.3 is 29.2 Å². The molecule has 0 saturated carbocycles. The van der Waals surface area contributed by atoms with E-state index in [1.54, 1.807) is 24.3 Å². The van der Waals surface area contributed by atoms with Gasteiger partial charge in [-0.25, -0.2) is 4.98 Å². The number of fused-ring (bicyclic) bond motifs is 3. The first-order valence-electron chi connectivity index (χ1n) is 13.6. The summed E-state index contributed by atoms with van der Waals surface area (Å²) in [6.07, 6.45) is 0.361. The van der Waals surface area contributed by atoms with Crippen LogP contribution in [0.5, 0.6) is 6.01 Å². The molecular formula is C29H26ClF3N6O4. The van der Waals surface area contributed by atoms with Crippen molar-refractivity contribution >= 4 is 28.5 Å². The third kappa shape index (κ3) is 5.05. The Labute approximate surface area is 248 Å². The quantitative estimate of drug-likeness (QED) is 0.291. The number of pyridine rings is 1. The predicted octanol–water partition coefficient (Wildman–Crippen LogP) is 4.58. The molecule has 2 fully saturated rings. The molecule has 43 heavy (non-hydrogen) atoms. The van der Waals surface area contributed by atoms with Crippen LogP contribution in [0, 0.1) is 0 Å². The lowest BCUT2D eigenvalue weighted by atomic mass is 9.91. The van der Waals surface area contributed by atoms with E-state index in [0.29, 0.717) is 40.7 Å². The lowest BCUT2D eigenvalue weighted by Crippen LogP contribution is -2.48. The third-order valence-corrected chi connectivity index (χ3v) is 8.14.